The highest BCUT2D eigenvalue weighted by atomic mass is 19.1. The van der Waals surface area contributed by atoms with E-state index < -0.39 is 0 Å². The van der Waals surface area contributed by atoms with Crippen molar-refractivity contribution in [2.24, 2.45) is 0 Å². The van der Waals surface area contributed by atoms with Crippen molar-refractivity contribution in [1.29, 1.82) is 5.26 Å². The number of rotatable bonds is 3. The molecule has 0 atom stereocenters. The molecular formula is C17H11FN2O. The highest BCUT2D eigenvalue weighted by Gasteiger charge is 2.10. The predicted molar refractivity (Wildman–Crippen MR) is 77.4 cm³/mol. The number of nitriles is 1. The fourth-order valence-corrected chi connectivity index (χ4v) is 2.34. The fourth-order valence-electron chi connectivity index (χ4n) is 2.34. The van der Waals surface area contributed by atoms with E-state index in [1.807, 2.05) is 12.1 Å². The smallest absolute Gasteiger partial charge is 0.182 e. The van der Waals surface area contributed by atoms with Crippen LogP contribution >= 0.6 is 0 Å². The Labute approximate surface area is 120 Å². The van der Waals surface area contributed by atoms with Crippen LogP contribution in [0.25, 0.3) is 10.9 Å². The molecule has 0 spiro atoms. The second-order valence-electron chi connectivity index (χ2n) is 4.72. The molecule has 4 heteroatoms. The van der Waals surface area contributed by atoms with Crippen molar-refractivity contribution in [3.8, 4) is 6.07 Å². The van der Waals surface area contributed by atoms with Crippen LogP contribution < -0.4 is 0 Å². The zero-order valence-corrected chi connectivity index (χ0v) is 11.1. The van der Waals surface area contributed by atoms with Crippen molar-refractivity contribution in [2.75, 3.05) is 0 Å². The number of carbonyl (C=O) groups is 1. The zero-order valence-electron chi connectivity index (χ0n) is 11.1. The highest BCUT2D eigenvalue weighted by Crippen LogP contribution is 2.20. The summed E-state index contributed by atoms with van der Waals surface area (Å²) in [5, 5.41) is 9.89. The van der Waals surface area contributed by atoms with Crippen LogP contribution in [-0.2, 0) is 6.54 Å². The Hall–Kier alpha value is -2.93. The van der Waals surface area contributed by atoms with E-state index in [9.17, 15) is 9.18 Å². The molecule has 102 valence electrons. The van der Waals surface area contributed by atoms with Gasteiger partial charge < -0.3 is 4.57 Å². The first-order valence-electron chi connectivity index (χ1n) is 6.46. The number of nitrogens with zero attached hydrogens (tertiary/aromatic N) is 2. The van der Waals surface area contributed by atoms with Crippen LogP contribution in [0.1, 0.15) is 15.9 Å². The number of ketones is 1. The Bertz CT molecular complexity index is 857. The van der Waals surface area contributed by atoms with Crippen molar-refractivity contribution >= 4 is 16.7 Å². The van der Waals surface area contributed by atoms with Crippen LogP contribution in [0, 0.1) is 17.1 Å². The second-order valence-corrected chi connectivity index (χ2v) is 4.72. The van der Waals surface area contributed by atoms with Gasteiger partial charge in [0.1, 0.15) is 5.82 Å². The Morgan fingerprint density at radius 2 is 1.90 bits per heavy atom. The van der Waals surface area contributed by atoms with E-state index in [-0.39, 0.29) is 18.1 Å². The first-order valence-corrected chi connectivity index (χ1v) is 6.46. The van der Waals surface area contributed by atoms with Crippen molar-refractivity contribution in [3.63, 3.8) is 0 Å². The third-order valence-electron chi connectivity index (χ3n) is 3.41. The van der Waals surface area contributed by atoms with Crippen LogP contribution in [0.2, 0.25) is 0 Å². The van der Waals surface area contributed by atoms with Crippen LogP contribution in [0.15, 0.2) is 54.7 Å². The standard InChI is InChI=1S/C17H11FN2O/c18-14-6-4-12(5-7-14)17(21)11-20-9-8-15-13(10-19)2-1-3-16(15)20/h1-9H,11H2. The summed E-state index contributed by atoms with van der Waals surface area (Å²) in [6.07, 6.45) is 1.78. The van der Waals surface area contributed by atoms with Gasteiger partial charge in [0.15, 0.2) is 5.78 Å². The summed E-state index contributed by atoms with van der Waals surface area (Å²) in [5.74, 6) is -0.466. The van der Waals surface area contributed by atoms with E-state index in [1.54, 1.807) is 22.9 Å². The maximum Gasteiger partial charge on any atom is 0.182 e. The lowest BCUT2D eigenvalue weighted by Gasteiger charge is -2.05. The molecule has 0 amide bonds. The first-order chi connectivity index (χ1) is 10.2. The molecular weight excluding hydrogens is 267 g/mol. The molecule has 0 N–H and O–H groups in total. The number of carbonyl (C=O) groups excluding carboxylic acids is 1. The zero-order chi connectivity index (χ0) is 14.8. The summed E-state index contributed by atoms with van der Waals surface area (Å²) < 4.78 is 14.7. The number of aromatic nitrogens is 1. The summed E-state index contributed by atoms with van der Waals surface area (Å²) >= 11 is 0. The summed E-state index contributed by atoms with van der Waals surface area (Å²) in [7, 11) is 0. The lowest BCUT2D eigenvalue weighted by molar-refractivity contribution is 0.0973. The van der Waals surface area contributed by atoms with Gasteiger partial charge in [-0.1, -0.05) is 6.07 Å². The molecule has 0 saturated carbocycles. The van der Waals surface area contributed by atoms with Crippen LogP contribution in [0.5, 0.6) is 0 Å². The molecule has 0 aliphatic heterocycles. The molecule has 1 heterocycles. The van der Waals surface area contributed by atoms with E-state index >= 15 is 0 Å². The van der Waals surface area contributed by atoms with Gasteiger partial charge in [0.05, 0.1) is 18.2 Å². The Morgan fingerprint density at radius 3 is 2.62 bits per heavy atom. The number of hydrogen-bond acceptors (Lipinski definition) is 2. The van der Waals surface area contributed by atoms with Crippen molar-refractivity contribution in [2.45, 2.75) is 6.54 Å². The van der Waals surface area contributed by atoms with Gasteiger partial charge in [0.25, 0.3) is 0 Å². The number of halogens is 1. The Kier molecular flexibility index (Phi) is 3.25. The summed E-state index contributed by atoms with van der Waals surface area (Å²) in [4.78, 5) is 12.2. The van der Waals surface area contributed by atoms with Gasteiger partial charge >= 0.3 is 0 Å². The predicted octanol–water partition coefficient (Wildman–Crippen LogP) is 3.53. The molecule has 3 rings (SSSR count). The van der Waals surface area contributed by atoms with Gasteiger partial charge in [-0.15, -0.1) is 0 Å². The number of benzene rings is 2. The minimum absolute atomic E-state index is 0.102. The molecule has 0 saturated heterocycles. The van der Waals surface area contributed by atoms with E-state index in [0.29, 0.717) is 11.1 Å². The molecule has 3 aromatic rings. The second kappa shape index (κ2) is 5.22. The molecule has 21 heavy (non-hydrogen) atoms. The topological polar surface area (TPSA) is 45.8 Å². The van der Waals surface area contributed by atoms with E-state index in [1.165, 1.54) is 24.3 Å². The van der Waals surface area contributed by atoms with Crippen LogP contribution in [0.3, 0.4) is 0 Å². The monoisotopic (exact) mass is 278 g/mol. The average molecular weight is 278 g/mol. The summed E-state index contributed by atoms with van der Waals surface area (Å²) in [6.45, 7) is 0.157. The van der Waals surface area contributed by atoms with E-state index in [4.69, 9.17) is 5.26 Å². The lowest BCUT2D eigenvalue weighted by Crippen LogP contribution is -2.09. The van der Waals surface area contributed by atoms with Gasteiger partial charge in [-0.3, -0.25) is 4.79 Å². The van der Waals surface area contributed by atoms with Gasteiger partial charge in [-0.25, -0.2) is 4.39 Å². The maximum absolute atomic E-state index is 12.9. The molecule has 0 unspecified atom stereocenters. The van der Waals surface area contributed by atoms with E-state index in [0.717, 1.165) is 10.9 Å². The maximum atomic E-state index is 12.9. The first kappa shape index (κ1) is 13.1. The lowest BCUT2D eigenvalue weighted by atomic mass is 10.1. The minimum Gasteiger partial charge on any atom is -0.340 e. The third-order valence-corrected chi connectivity index (χ3v) is 3.41. The Balaban J connectivity index is 1.94. The minimum atomic E-state index is -0.364. The molecule has 0 bridgehead atoms. The molecule has 0 aliphatic carbocycles. The highest BCUT2D eigenvalue weighted by molar-refractivity contribution is 5.97. The quantitative estimate of drug-likeness (QED) is 0.688. The van der Waals surface area contributed by atoms with Crippen molar-refractivity contribution in [1.82, 2.24) is 4.57 Å². The largest absolute Gasteiger partial charge is 0.340 e. The third kappa shape index (κ3) is 2.41. The Morgan fingerprint density at radius 1 is 1.14 bits per heavy atom. The van der Waals surface area contributed by atoms with E-state index in [2.05, 4.69) is 6.07 Å². The van der Waals surface area contributed by atoms with Crippen molar-refractivity contribution in [3.05, 3.63) is 71.7 Å². The van der Waals surface area contributed by atoms with Gasteiger partial charge in [-0.2, -0.15) is 5.26 Å². The molecule has 0 aliphatic rings. The molecule has 0 fully saturated rings. The van der Waals surface area contributed by atoms with Crippen LogP contribution in [0.4, 0.5) is 4.39 Å². The normalized spacial score (nSPS) is 10.5. The molecule has 1 aromatic heterocycles. The molecule has 2 aromatic carbocycles. The van der Waals surface area contributed by atoms with Gasteiger partial charge in [-0.05, 0) is 42.5 Å². The van der Waals surface area contributed by atoms with Crippen molar-refractivity contribution < 1.29 is 9.18 Å². The average Bonchev–Trinajstić information content (AvgIpc) is 2.91. The number of fused-ring (bicyclic) bond motifs is 1. The molecule has 0 radical (unpaired) electrons. The SMILES string of the molecule is N#Cc1cccc2c1ccn2CC(=O)c1ccc(F)cc1. The summed E-state index contributed by atoms with van der Waals surface area (Å²) in [5.41, 5.74) is 1.89. The van der Waals surface area contributed by atoms with Crippen LogP contribution in [-0.4, -0.2) is 10.4 Å². The number of Topliss-reactive ketones (excluding diaryl/α,β-unsaturated/α-hetero) is 1. The number of hydrogen-bond donors (Lipinski definition) is 0. The van der Waals surface area contributed by atoms with Gasteiger partial charge in [0, 0.05) is 22.7 Å². The fraction of sp³-hybridized carbons (Fsp3) is 0.0588. The van der Waals surface area contributed by atoms with Gasteiger partial charge in [0.2, 0.25) is 0 Å². The molecule has 3 nitrogen and oxygen atoms in total. The summed E-state index contributed by atoms with van der Waals surface area (Å²) in [6, 6.07) is 14.9.